The molecule has 21 heavy (non-hydrogen) atoms. The summed E-state index contributed by atoms with van der Waals surface area (Å²) in [5, 5.41) is 10.1. The first-order chi connectivity index (χ1) is 9.99. The van der Waals surface area contributed by atoms with Gasteiger partial charge in [0.15, 0.2) is 0 Å². The van der Waals surface area contributed by atoms with E-state index in [0.29, 0.717) is 10.0 Å². The van der Waals surface area contributed by atoms with Gasteiger partial charge >= 0.3 is 5.97 Å². The van der Waals surface area contributed by atoms with E-state index >= 15 is 0 Å². The maximum atomic E-state index is 10.8. The molecule has 1 aromatic rings. The van der Waals surface area contributed by atoms with Gasteiger partial charge in [0.05, 0.1) is 16.6 Å². The maximum Gasteiger partial charge on any atom is 0.317 e. The van der Waals surface area contributed by atoms with Crippen LogP contribution in [0.2, 0.25) is 10.0 Å². The summed E-state index contributed by atoms with van der Waals surface area (Å²) in [4.78, 5) is 15.1. The third-order valence-electron chi connectivity index (χ3n) is 3.96. The first-order valence-corrected chi connectivity index (χ1v) is 7.86. The minimum Gasteiger partial charge on any atom is -0.480 e. The number of aliphatic carboxylic acids is 1. The molecule has 0 bridgehead atoms. The van der Waals surface area contributed by atoms with Crippen LogP contribution in [0.4, 0.5) is 0 Å². The van der Waals surface area contributed by atoms with E-state index in [1.807, 2.05) is 17.0 Å². The monoisotopic (exact) mass is 330 g/mol. The second kappa shape index (κ2) is 7.45. The molecule has 1 fully saturated rings. The zero-order valence-corrected chi connectivity index (χ0v) is 13.6. The summed E-state index contributed by atoms with van der Waals surface area (Å²) in [5.41, 5.74) is 1.02. The van der Waals surface area contributed by atoms with E-state index in [9.17, 15) is 4.79 Å². The zero-order chi connectivity index (χ0) is 15.4. The quantitative estimate of drug-likeness (QED) is 0.921. The lowest BCUT2D eigenvalue weighted by molar-refractivity contribution is -0.138. The van der Waals surface area contributed by atoms with Crippen molar-refractivity contribution in [2.75, 3.05) is 32.7 Å². The number of hydrogen-bond acceptors (Lipinski definition) is 3. The van der Waals surface area contributed by atoms with Crippen molar-refractivity contribution in [3.05, 3.63) is 33.8 Å². The summed E-state index contributed by atoms with van der Waals surface area (Å²) in [6.07, 6.45) is 0.954. The molecule has 2 rings (SSSR count). The Morgan fingerprint density at radius 1 is 1.29 bits per heavy atom. The van der Waals surface area contributed by atoms with Gasteiger partial charge in [-0.2, -0.15) is 0 Å². The molecule has 0 aromatic heterocycles. The highest BCUT2D eigenvalue weighted by Gasteiger charge is 2.23. The molecule has 1 aromatic carbocycles. The predicted molar refractivity (Wildman–Crippen MR) is 85.1 cm³/mol. The lowest BCUT2D eigenvalue weighted by atomic mass is 10.1. The Morgan fingerprint density at radius 2 is 2.05 bits per heavy atom. The highest BCUT2D eigenvalue weighted by Crippen LogP contribution is 2.32. The van der Waals surface area contributed by atoms with Crippen molar-refractivity contribution < 1.29 is 9.90 Å². The summed E-state index contributed by atoms with van der Waals surface area (Å²) in [6, 6.07) is 5.87. The normalized spacial score (nSPS) is 19.2. The molecule has 0 spiro atoms. The van der Waals surface area contributed by atoms with Gasteiger partial charge < -0.3 is 5.11 Å². The van der Waals surface area contributed by atoms with Crippen LogP contribution in [0.3, 0.4) is 0 Å². The summed E-state index contributed by atoms with van der Waals surface area (Å²) < 4.78 is 0. The number of carboxylic acids is 1. The zero-order valence-electron chi connectivity index (χ0n) is 12.1. The van der Waals surface area contributed by atoms with Crippen molar-refractivity contribution in [1.29, 1.82) is 0 Å². The first kappa shape index (κ1) is 16.6. The van der Waals surface area contributed by atoms with E-state index in [2.05, 4.69) is 11.8 Å². The van der Waals surface area contributed by atoms with Gasteiger partial charge in [0, 0.05) is 32.2 Å². The molecule has 1 aliphatic heterocycles. The Hall–Kier alpha value is -0.810. The molecule has 1 N–H and O–H groups in total. The summed E-state index contributed by atoms with van der Waals surface area (Å²) in [5.74, 6) is -0.769. The van der Waals surface area contributed by atoms with Crippen LogP contribution in [-0.2, 0) is 4.79 Å². The van der Waals surface area contributed by atoms with E-state index in [1.54, 1.807) is 6.07 Å². The highest BCUT2D eigenvalue weighted by atomic mass is 35.5. The van der Waals surface area contributed by atoms with Gasteiger partial charge in [0.2, 0.25) is 0 Å². The Labute approximate surface area is 135 Å². The van der Waals surface area contributed by atoms with Crippen LogP contribution in [0.15, 0.2) is 18.2 Å². The fourth-order valence-electron chi connectivity index (χ4n) is 2.77. The Morgan fingerprint density at radius 3 is 2.76 bits per heavy atom. The smallest absolute Gasteiger partial charge is 0.317 e. The standard InChI is InChI=1S/C15H20Cl2N2O2/c1-11(12-4-2-5-13(16)15(12)17)19-7-3-6-18(8-9-19)10-14(20)21/h2,4-5,11H,3,6-10H2,1H3,(H,20,21). The largest absolute Gasteiger partial charge is 0.480 e. The predicted octanol–water partition coefficient (Wildman–Crippen LogP) is 3.15. The van der Waals surface area contributed by atoms with Gasteiger partial charge in [-0.15, -0.1) is 0 Å². The van der Waals surface area contributed by atoms with Gasteiger partial charge in [-0.25, -0.2) is 0 Å². The number of benzene rings is 1. The van der Waals surface area contributed by atoms with Crippen LogP contribution < -0.4 is 0 Å². The molecular formula is C15H20Cl2N2O2. The Bertz CT molecular complexity index is 510. The molecular weight excluding hydrogens is 311 g/mol. The van der Waals surface area contributed by atoms with E-state index in [0.717, 1.165) is 38.2 Å². The van der Waals surface area contributed by atoms with Gasteiger partial charge in [0.1, 0.15) is 0 Å². The number of hydrogen-bond donors (Lipinski definition) is 1. The molecule has 0 saturated carbocycles. The third-order valence-corrected chi connectivity index (χ3v) is 4.79. The van der Waals surface area contributed by atoms with Crippen molar-refractivity contribution in [2.24, 2.45) is 0 Å². The Kier molecular flexibility index (Phi) is 5.88. The maximum absolute atomic E-state index is 10.8. The van der Waals surface area contributed by atoms with Crippen LogP contribution in [0, 0.1) is 0 Å². The second-order valence-corrected chi connectivity index (χ2v) is 6.16. The average molecular weight is 331 g/mol. The second-order valence-electron chi connectivity index (χ2n) is 5.38. The minimum atomic E-state index is -0.769. The summed E-state index contributed by atoms with van der Waals surface area (Å²) >= 11 is 12.4. The summed E-state index contributed by atoms with van der Waals surface area (Å²) in [7, 11) is 0. The fourth-order valence-corrected chi connectivity index (χ4v) is 3.23. The lowest BCUT2D eigenvalue weighted by Crippen LogP contribution is -2.35. The molecule has 1 unspecified atom stereocenters. The lowest BCUT2D eigenvalue weighted by Gasteiger charge is -2.28. The van der Waals surface area contributed by atoms with Crippen LogP contribution in [0.25, 0.3) is 0 Å². The molecule has 116 valence electrons. The van der Waals surface area contributed by atoms with Crippen molar-refractivity contribution >= 4 is 29.2 Å². The van der Waals surface area contributed by atoms with Gasteiger partial charge in [-0.05, 0) is 25.0 Å². The SMILES string of the molecule is CC(c1cccc(Cl)c1Cl)N1CCCN(CC(=O)O)CC1. The first-order valence-electron chi connectivity index (χ1n) is 7.11. The van der Waals surface area contributed by atoms with E-state index in [-0.39, 0.29) is 12.6 Å². The molecule has 6 heteroatoms. The number of nitrogens with zero attached hydrogens (tertiary/aromatic N) is 2. The van der Waals surface area contributed by atoms with E-state index < -0.39 is 5.97 Å². The van der Waals surface area contributed by atoms with Crippen molar-refractivity contribution in [2.45, 2.75) is 19.4 Å². The third kappa shape index (κ3) is 4.33. The molecule has 0 radical (unpaired) electrons. The molecule has 1 saturated heterocycles. The number of halogens is 2. The van der Waals surface area contributed by atoms with Crippen molar-refractivity contribution in [3.63, 3.8) is 0 Å². The molecule has 1 heterocycles. The van der Waals surface area contributed by atoms with E-state index in [4.69, 9.17) is 28.3 Å². The van der Waals surface area contributed by atoms with Gasteiger partial charge in [-0.3, -0.25) is 14.6 Å². The minimum absolute atomic E-state index is 0.111. The van der Waals surface area contributed by atoms with Crippen molar-refractivity contribution in [3.8, 4) is 0 Å². The van der Waals surface area contributed by atoms with Gasteiger partial charge in [-0.1, -0.05) is 35.3 Å². The summed E-state index contributed by atoms with van der Waals surface area (Å²) in [6.45, 7) is 5.57. The molecule has 0 amide bonds. The number of carboxylic acid groups (broad SMARTS) is 1. The van der Waals surface area contributed by atoms with Crippen LogP contribution in [0.5, 0.6) is 0 Å². The Balaban J connectivity index is 2.04. The van der Waals surface area contributed by atoms with Crippen LogP contribution >= 0.6 is 23.2 Å². The molecule has 4 nitrogen and oxygen atoms in total. The van der Waals surface area contributed by atoms with Gasteiger partial charge in [0.25, 0.3) is 0 Å². The highest BCUT2D eigenvalue weighted by molar-refractivity contribution is 6.42. The van der Waals surface area contributed by atoms with Crippen LogP contribution in [0.1, 0.15) is 24.9 Å². The number of rotatable bonds is 4. The fraction of sp³-hybridized carbons (Fsp3) is 0.533. The molecule has 1 atom stereocenters. The van der Waals surface area contributed by atoms with Crippen molar-refractivity contribution in [1.82, 2.24) is 9.80 Å². The van der Waals surface area contributed by atoms with E-state index in [1.165, 1.54) is 0 Å². The average Bonchev–Trinajstić information content (AvgIpc) is 2.66. The topological polar surface area (TPSA) is 43.8 Å². The molecule has 0 aliphatic carbocycles. The molecule has 1 aliphatic rings. The number of carbonyl (C=O) groups is 1. The van der Waals surface area contributed by atoms with Crippen LogP contribution in [-0.4, -0.2) is 53.6 Å².